The zero-order chi connectivity index (χ0) is 13.2. The van der Waals surface area contributed by atoms with Gasteiger partial charge in [0.25, 0.3) is 0 Å². The summed E-state index contributed by atoms with van der Waals surface area (Å²) in [6.45, 7) is 3.79. The number of aromatic nitrogens is 2. The summed E-state index contributed by atoms with van der Waals surface area (Å²) in [5, 5.41) is 4.23. The van der Waals surface area contributed by atoms with Gasteiger partial charge in [0.05, 0.1) is 11.9 Å². The maximum absolute atomic E-state index is 11.3. The molecule has 7 heteroatoms. The van der Waals surface area contributed by atoms with Crippen LogP contribution in [-0.2, 0) is 28.3 Å². The Balaban J connectivity index is 2.65. The Hall–Kier alpha value is -1.37. The Labute approximate surface area is 101 Å². The van der Waals surface area contributed by atoms with E-state index in [2.05, 4.69) is 5.10 Å². The molecule has 0 radical (unpaired) electrons. The maximum atomic E-state index is 11.3. The van der Waals surface area contributed by atoms with Gasteiger partial charge in [0.2, 0.25) is 15.9 Å². The minimum atomic E-state index is -3.46. The molecule has 0 aliphatic heterocycles. The Morgan fingerprint density at radius 3 is 2.41 bits per heavy atom. The van der Waals surface area contributed by atoms with Gasteiger partial charge in [-0.15, -0.1) is 0 Å². The van der Waals surface area contributed by atoms with Crippen LogP contribution in [0, 0.1) is 13.8 Å². The lowest BCUT2D eigenvalue weighted by Crippen LogP contribution is -2.29. The van der Waals surface area contributed by atoms with E-state index < -0.39 is 15.9 Å². The summed E-state index contributed by atoms with van der Waals surface area (Å²) in [7, 11) is -1.63. The average molecular weight is 259 g/mol. The van der Waals surface area contributed by atoms with E-state index >= 15 is 0 Å². The molecule has 0 fully saturated rings. The summed E-state index contributed by atoms with van der Waals surface area (Å²) >= 11 is 0. The first-order chi connectivity index (χ1) is 7.70. The predicted octanol–water partition coefficient (Wildman–Crippen LogP) is 0.0453. The van der Waals surface area contributed by atoms with Crippen LogP contribution in [0.2, 0.25) is 0 Å². The molecule has 1 aromatic rings. The summed E-state index contributed by atoms with van der Waals surface area (Å²) < 4.78 is 25.4. The molecule has 0 spiro atoms. The van der Waals surface area contributed by atoms with Gasteiger partial charge in [0.1, 0.15) is 0 Å². The number of nitrogens with zero attached hydrogens (tertiary/aromatic N) is 2. The van der Waals surface area contributed by atoms with Crippen LogP contribution in [0.1, 0.15) is 23.4 Å². The fourth-order valence-corrected chi connectivity index (χ4v) is 2.19. The molecule has 0 atom stereocenters. The van der Waals surface area contributed by atoms with E-state index in [1.807, 2.05) is 25.6 Å². The quantitative estimate of drug-likeness (QED) is 0.828. The molecule has 1 amide bonds. The van der Waals surface area contributed by atoms with E-state index in [4.69, 9.17) is 0 Å². The van der Waals surface area contributed by atoms with Crippen molar-refractivity contribution in [3.8, 4) is 0 Å². The molecule has 6 nitrogen and oxygen atoms in total. The Morgan fingerprint density at radius 2 is 2.00 bits per heavy atom. The zero-order valence-electron chi connectivity index (χ0n) is 10.4. The van der Waals surface area contributed by atoms with E-state index in [0.717, 1.165) is 23.2 Å². The van der Waals surface area contributed by atoms with Gasteiger partial charge in [-0.05, 0) is 25.8 Å². The van der Waals surface area contributed by atoms with Crippen molar-refractivity contribution in [2.24, 2.45) is 7.05 Å². The van der Waals surface area contributed by atoms with Crippen molar-refractivity contribution in [2.45, 2.75) is 26.7 Å². The molecule has 1 N–H and O–H groups in total. The normalized spacial score (nSPS) is 11.5. The number of nitrogens with one attached hydrogen (secondary N) is 1. The molecular weight excluding hydrogens is 242 g/mol. The zero-order valence-corrected chi connectivity index (χ0v) is 11.3. The summed E-state index contributed by atoms with van der Waals surface area (Å²) in [5.41, 5.74) is 2.86. The molecule has 1 aromatic heterocycles. The lowest BCUT2D eigenvalue weighted by Gasteiger charge is -2.03. The highest BCUT2D eigenvalue weighted by atomic mass is 32.2. The molecule has 1 rings (SSSR count). The van der Waals surface area contributed by atoms with Gasteiger partial charge >= 0.3 is 0 Å². The van der Waals surface area contributed by atoms with Crippen LogP contribution in [0.5, 0.6) is 0 Å². The topological polar surface area (TPSA) is 81.1 Å². The van der Waals surface area contributed by atoms with Gasteiger partial charge in [0, 0.05) is 19.2 Å². The van der Waals surface area contributed by atoms with Crippen LogP contribution >= 0.6 is 0 Å². The molecule has 0 saturated heterocycles. The number of rotatable bonds is 4. The molecule has 17 heavy (non-hydrogen) atoms. The third-order valence-electron chi connectivity index (χ3n) is 2.56. The van der Waals surface area contributed by atoms with E-state index in [-0.39, 0.29) is 6.42 Å². The Bertz CT molecular complexity index is 531. The van der Waals surface area contributed by atoms with Gasteiger partial charge in [0.15, 0.2) is 0 Å². The second-order valence-electron chi connectivity index (χ2n) is 4.07. The minimum absolute atomic E-state index is 0.139. The second kappa shape index (κ2) is 4.87. The predicted molar refractivity (Wildman–Crippen MR) is 64.0 cm³/mol. The molecule has 0 saturated carbocycles. The van der Waals surface area contributed by atoms with Crippen molar-refractivity contribution in [1.82, 2.24) is 14.5 Å². The first kappa shape index (κ1) is 13.7. The van der Waals surface area contributed by atoms with Gasteiger partial charge < -0.3 is 0 Å². The van der Waals surface area contributed by atoms with Crippen LogP contribution in [0.4, 0.5) is 0 Å². The monoisotopic (exact) mass is 259 g/mol. The van der Waals surface area contributed by atoms with Crippen LogP contribution in [0.15, 0.2) is 0 Å². The molecule has 0 bridgehead atoms. The number of sulfonamides is 1. The van der Waals surface area contributed by atoms with Crippen LogP contribution in [0.25, 0.3) is 0 Å². The van der Waals surface area contributed by atoms with E-state index in [1.165, 1.54) is 0 Å². The lowest BCUT2D eigenvalue weighted by atomic mass is 10.1. The fourth-order valence-electron chi connectivity index (χ4n) is 1.68. The van der Waals surface area contributed by atoms with Crippen molar-refractivity contribution in [2.75, 3.05) is 6.26 Å². The average Bonchev–Trinajstić information content (AvgIpc) is 2.36. The molecule has 0 aromatic carbocycles. The largest absolute Gasteiger partial charge is 0.274 e. The van der Waals surface area contributed by atoms with E-state index in [0.29, 0.717) is 6.42 Å². The highest BCUT2D eigenvalue weighted by molar-refractivity contribution is 7.89. The highest BCUT2D eigenvalue weighted by Crippen LogP contribution is 2.13. The smallest absolute Gasteiger partial charge is 0.233 e. The van der Waals surface area contributed by atoms with Crippen molar-refractivity contribution in [3.63, 3.8) is 0 Å². The van der Waals surface area contributed by atoms with Crippen LogP contribution in [0.3, 0.4) is 0 Å². The van der Waals surface area contributed by atoms with Gasteiger partial charge in [-0.2, -0.15) is 5.10 Å². The van der Waals surface area contributed by atoms with Crippen molar-refractivity contribution < 1.29 is 13.2 Å². The second-order valence-corrected chi connectivity index (χ2v) is 5.82. The minimum Gasteiger partial charge on any atom is -0.274 e. The SMILES string of the molecule is Cc1nn(C)c(C)c1CCC(=O)NS(C)(=O)=O. The third kappa shape index (κ3) is 3.85. The van der Waals surface area contributed by atoms with Crippen molar-refractivity contribution in [3.05, 3.63) is 17.0 Å². The molecule has 0 unspecified atom stereocenters. The lowest BCUT2D eigenvalue weighted by molar-refractivity contribution is -0.119. The number of aryl methyl sites for hydroxylation is 2. The molecular formula is C10H17N3O3S. The first-order valence-corrected chi connectivity index (χ1v) is 7.09. The van der Waals surface area contributed by atoms with Crippen molar-refractivity contribution in [1.29, 1.82) is 0 Å². The molecule has 1 heterocycles. The van der Waals surface area contributed by atoms with Crippen molar-refractivity contribution >= 4 is 15.9 Å². The maximum Gasteiger partial charge on any atom is 0.233 e. The summed E-state index contributed by atoms with van der Waals surface area (Å²) in [6.07, 6.45) is 1.60. The number of carbonyl (C=O) groups is 1. The van der Waals surface area contributed by atoms with Gasteiger partial charge in [-0.3, -0.25) is 14.2 Å². The highest BCUT2D eigenvalue weighted by Gasteiger charge is 2.13. The fraction of sp³-hybridized carbons (Fsp3) is 0.600. The number of carbonyl (C=O) groups excluding carboxylic acids is 1. The number of hydrogen-bond donors (Lipinski definition) is 1. The molecule has 0 aliphatic carbocycles. The van der Waals surface area contributed by atoms with Crippen LogP contribution < -0.4 is 4.72 Å². The Kier molecular flexibility index (Phi) is 3.92. The summed E-state index contributed by atoms with van der Waals surface area (Å²) in [4.78, 5) is 11.3. The first-order valence-electron chi connectivity index (χ1n) is 5.20. The van der Waals surface area contributed by atoms with E-state index in [1.54, 1.807) is 4.68 Å². The third-order valence-corrected chi connectivity index (χ3v) is 3.16. The van der Waals surface area contributed by atoms with Gasteiger partial charge in [-0.1, -0.05) is 0 Å². The van der Waals surface area contributed by atoms with Crippen LogP contribution in [-0.4, -0.2) is 30.4 Å². The van der Waals surface area contributed by atoms with E-state index in [9.17, 15) is 13.2 Å². The molecule has 0 aliphatic rings. The standard InChI is InChI=1S/C10H17N3O3S/c1-7-9(8(2)13(3)11-7)5-6-10(14)12-17(4,15)16/h5-6H2,1-4H3,(H,12,14). The van der Waals surface area contributed by atoms with Gasteiger partial charge in [-0.25, -0.2) is 8.42 Å². The number of hydrogen-bond acceptors (Lipinski definition) is 4. The number of amides is 1. The molecule has 96 valence electrons. The summed E-state index contributed by atoms with van der Waals surface area (Å²) in [6, 6.07) is 0. The Morgan fingerprint density at radius 1 is 1.41 bits per heavy atom. The summed E-state index contributed by atoms with van der Waals surface area (Å²) in [5.74, 6) is -0.491.